The van der Waals surface area contributed by atoms with Crippen LogP contribution in [-0.4, -0.2) is 19.5 Å². The molecule has 4 nitrogen and oxygen atoms in total. The normalized spacial score (nSPS) is 15.3. The second-order valence-corrected chi connectivity index (χ2v) is 7.98. The number of rotatable bonds is 4. The molecule has 2 aromatic carbocycles. The van der Waals surface area contributed by atoms with Gasteiger partial charge in [-0.3, -0.25) is 0 Å². The van der Waals surface area contributed by atoms with Crippen molar-refractivity contribution >= 4 is 46.2 Å². The number of H-pyrrole nitrogens is 1. The maximum Gasteiger partial charge on any atom is 0.169 e. The lowest BCUT2D eigenvalue weighted by Gasteiger charge is -2.25. The number of halogens is 1. The highest BCUT2D eigenvalue weighted by Crippen LogP contribution is 2.36. The number of para-hydroxylation sites is 4. The van der Waals surface area contributed by atoms with Gasteiger partial charge in [-0.15, -0.1) is 12.4 Å². The Morgan fingerprint density at radius 2 is 1.67 bits per heavy atom. The van der Waals surface area contributed by atoms with Gasteiger partial charge in [-0.25, -0.2) is 9.97 Å². The van der Waals surface area contributed by atoms with Gasteiger partial charge in [0.1, 0.15) is 5.82 Å². The number of fused-ring (bicyclic) bond motifs is 2. The van der Waals surface area contributed by atoms with E-state index in [0.717, 1.165) is 33.3 Å². The Morgan fingerprint density at radius 3 is 2.48 bits per heavy atom. The second-order valence-electron chi connectivity index (χ2n) is 7.03. The molecule has 4 aromatic rings. The van der Waals surface area contributed by atoms with Crippen molar-refractivity contribution in [2.24, 2.45) is 0 Å². The fraction of sp³-hybridized carbons (Fsp3) is 0.333. The summed E-state index contributed by atoms with van der Waals surface area (Å²) in [6, 6.07) is 17.3. The fourth-order valence-electron chi connectivity index (χ4n) is 4.02. The van der Waals surface area contributed by atoms with Gasteiger partial charge in [-0.05, 0) is 37.1 Å². The topological polar surface area (TPSA) is 46.5 Å². The summed E-state index contributed by atoms with van der Waals surface area (Å²) >= 11 is 1.79. The minimum atomic E-state index is 0. The molecule has 1 N–H and O–H groups in total. The van der Waals surface area contributed by atoms with E-state index < -0.39 is 0 Å². The van der Waals surface area contributed by atoms with E-state index in [4.69, 9.17) is 9.97 Å². The lowest BCUT2D eigenvalue weighted by atomic mass is 9.95. The first kappa shape index (κ1) is 18.4. The first-order valence-electron chi connectivity index (χ1n) is 9.42. The van der Waals surface area contributed by atoms with Crippen LogP contribution >= 0.6 is 24.2 Å². The van der Waals surface area contributed by atoms with E-state index in [1.165, 1.54) is 37.6 Å². The van der Waals surface area contributed by atoms with Crippen LogP contribution in [0.15, 0.2) is 53.7 Å². The molecular formula is C21H23ClN4S. The molecule has 1 fully saturated rings. The van der Waals surface area contributed by atoms with Crippen molar-refractivity contribution in [2.45, 2.75) is 49.1 Å². The number of nitrogens with zero attached hydrogens (tertiary/aromatic N) is 3. The Hall–Kier alpha value is -1.98. The van der Waals surface area contributed by atoms with Crippen LogP contribution in [0.3, 0.4) is 0 Å². The molecule has 2 heterocycles. The van der Waals surface area contributed by atoms with Gasteiger partial charge in [0.2, 0.25) is 0 Å². The maximum absolute atomic E-state index is 4.94. The zero-order valence-electron chi connectivity index (χ0n) is 15.1. The van der Waals surface area contributed by atoms with Gasteiger partial charge in [0.25, 0.3) is 0 Å². The monoisotopic (exact) mass is 398 g/mol. The standard InChI is InChI=1S/C21H22N4S.ClH/c1-2-8-15(9-3-1)25-19-13-7-6-12-18(19)24-21(25)26-14-20-22-16-10-4-5-11-17(16)23-20;/h4-7,10-13,15H,1-3,8-9,14H2,(H,22,23);1H. The second kappa shape index (κ2) is 7.95. The number of thioether (sulfide) groups is 1. The quantitative estimate of drug-likeness (QED) is 0.420. The molecule has 0 amide bonds. The number of hydrogen-bond donors (Lipinski definition) is 1. The summed E-state index contributed by atoms with van der Waals surface area (Å²) in [6.07, 6.45) is 6.54. The van der Waals surface area contributed by atoms with Crippen molar-refractivity contribution in [3.8, 4) is 0 Å². The SMILES string of the molecule is Cl.c1ccc2[nH]c(CSc3nc4ccccc4n3C3CCCCC3)nc2c1. The molecule has 0 saturated heterocycles. The van der Waals surface area contributed by atoms with E-state index in [2.05, 4.69) is 45.9 Å². The molecule has 1 aliphatic carbocycles. The molecule has 1 saturated carbocycles. The van der Waals surface area contributed by atoms with Crippen molar-refractivity contribution in [1.29, 1.82) is 0 Å². The Morgan fingerprint density at radius 1 is 0.926 bits per heavy atom. The summed E-state index contributed by atoms with van der Waals surface area (Å²) < 4.78 is 2.49. The first-order chi connectivity index (χ1) is 12.9. The molecule has 0 spiro atoms. The van der Waals surface area contributed by atoms with Crippen LogP contribution in [0.5, 0.6) is 0 Å². The predicted molar refractivity (Wildman–Crippen MR) is 115 cm³/mol. The molecule has 0 bridgehead atoms. The molecule has 0 aliphatic heterocycles. The van der Waals surface area contributed by atoms with Gasteiger partial charge in [-0.1, -0.05) is 55.3 Å². The summed E-state index contributed by atoms with van der Waals surface area (Å²) in [6.45, 7) is 0. The van der Waals surface area contributed by atoms with E-state index in [1.807, 2.05) is 12.1 Å². The molecule has 0 atom stereocenters. The molecule has 0 radical (unpaired) electrons. The Balaban J connectivity index is 0.00000180. The highest BCUT2D eigenvalue weighted by atomic mass is 35.5. The van der Waals surface area contributed by atoms with E-state index in [0.29, 0.717) is 6.04 Å². The molecule has 27 heavy (non-hydrogen) atoms. The number of aromatic amines is 1. The number of nitrogens with one attached hydrogen (secondary N) is 1. The van der Waals surface area contributed by atoms with E-state index in [1.54, 1.807) is 11.8 Å². The van der Waals surface area contributed by atoms with Crippen molar-refractivity contribution < 1.29 is 0 Å². The Kier molecular flexibility index (Phi) is 5.41. The van der Waals surface area contributed by atoms with Gasteiger partial charge in [0.15, 0.2) is 5.16 Å². The number of benzene rings is 2. The summed E-state index contributed by atoms with van der Waals surface area (Å²) in [5.74, 6) is 1.82. The number of imidazole rings is 2. The smallest absolute Gasteiger partial charge is 0.169 e. The summed E-state index contributed by atoms with van der Waals surface area (Å²) in [5.41, 5.74) is 4.50. The highest BCUT2D eigenvalue weighted by molar-refractivity contribution is 7.98. The molecule has 0 unspecified atom stereocenters. The minimum Gasteiger partial charge on any atom is -0.341 e. The van der Waals surface area contributed by atoms with Gasteiger partial charge in [0, 0.05) is 6.04 Å². The summed E-state index contributed by atoms with van der Waals surface area (Å²) in [4.78, 5) is 13.1. The molecule has 5 rings (SSSR count). The highest BCUT2D eigenvalue weighted by Gasteiger charge is 2.21. The van der Waals surface area contributed by atoms with Crippen LogP contribution < -0.4 is 0 Å². The van der Waals surface area contributed by atoms with Crippen LogP contribution in [-0.2, 0) is 5.75 Å². The third-order valence-corrected chi connectivity index (χ3v) is 6.24. The van der Waals surface area contributed by atoms with Gasteiger partial charge in [0.05, 0.1) is 27.8 Å². The fourth-order valence-corrected chi connectivity index (χ4v) is 4.98. The van der Waals surface area contributed by atoms with Crippen LogP contribution in [0.2, 0.25) is 0 Å². The lowest BCUT2D eigenvalue weighted by Crippen LogP contribution is -2.13. The molecule has 6 heteroatoms. The van der Waals surface area contributed by atoms with Crippen LogP contribution in [0.4, 0.5) is 0 Å². The summed E-state index contributed by atoms with van der Waals surface area (Å²) in [5, 5.41) is 1.12. The molecule has 140 valence electrons. The zero-order chi connectivity index (χ0) is 17.3. The van der Waals surface area contributed by atoms with E-state index >= 15 is 0 Å². The Labute approximate surface area is 169 Å². The van der Waals surface area contributed by atoms with Crippen LogP contribution in [0.1, 0.15) is 44.0 Å². The Bertz CT molecular complexity index is 1020. The lowest BCUT2D eigenvalue weighted by molar-refractivity contribution is 0.343. The number of aromatic nitrogens is 4. The zero-order valence-corrected chi connectivity index (χ0v) is 16.7. The van der Waals surface area contributed by atoms with Crippen molar-refractivity contribution in [2.75, 3.05) is 0 Å². The van der Waals surface area contributed by atoms with Gasteiger partial charge < -0.3 is 9.55 Å². The average molecular weight is 399 g/mol. The number of hydrogen-bond acceptors (Lipinski definition) is 3. The van der Waals surface area contributed by atoms with E-state index in [-0.39, 0.29) is 12.4 Å². The van der Waals surface area contributed by atoms with Gasteiger partial charge >= 0.3 is 0 Å². The molecule has 2 aromatic heterocycles. The molecule has 1 aliphatic rings. The van der Waals surface area contributed by atoms with Crippen molar-refractivity contribution in [3.63, 3.8) is 0 Å². The third-order valence-electron chi connectivity index (χ3n) is 5.28. The predicted octanol–water partition coefficient (Wildman–Crippen LogP) is 6.13. The van der Waals surface area contributed by atoms with Crippen LogP contribution in [0.25, 0.3) is 22.1 Å². The van der Waals surface area contributed by atoms with Gasteiger partial charge in [-0.2, -0.15) is 0 Å². The minimum absolute atomic E-state index is 0. The average Bonchev–Trinajstić information content (AvgIpc) is 3.27. The van der Waals surface area contributed by atoms with Crippen LogP contribution in [0, 0.1) is 0 Å². The van der Waals surface area contributed by atoms with Crippen molar-refractivity contribution in [3.05, 3.63) is 54.4 Å². The van der Waals surface area contributed by atoms with Crippen molar-refractivity contribution in [1.82, 2.24) is 19.5 Å². The van der Waals surface area contributed by atoms with E-state index in [9.17, 15) is 0 Å². The largest absolute Gasteiger partial charge is 0.341 e. The third kappa shape index (κ3) is 3.58. The molecular weight excluding hydrogens is 376 g/mol. The first-order valence-corrected chi connectivity index (χ1v) is 10.4. The maximum atomic E-state index is 4.94. The summed E-state index contributed by atoms with van der Waals surface area (Å²) in [7, 11) is 0.